The molecule has 0 spiro atoms. The van der Waals surface area contributed by atoms with Crippen molar-refractivity contribution in [1.82, 2.24) is 0 Å². The van der Waals surface area contributed by atoms with Gasteiger partial charge in [0.2, 0.25) is 0 Å². The second-order valence-electron chi connectivity index (χ2n) is 6.49. The fraction of sp³-hybridized carbons (Fsp3) is 0.667. The van der Waals surface area contributed by atoms with Crippen LogP contribution >= 0.6 is 0 Å². The van der Waals surface area contributed by atoms with Crippen LogP contribution in [0.3, 0.4) is 0 Å². The Morgan fingerprint density at radius 2 is 2.25 bits per heavy atom. The van der Waals surface area contributed by atoms with Gasteiger partial charge < -0.3 is 9.84 Å². The number of aliphatic hydroxyl groups is 1. The molecular formula is C18H26O2. The lowest BCUT2D eigenvalue weighted by atomic mass is 9.93. The van der Waals surface area contributed by atoms with E-state index in [2.05, 4.69) is 25.1 Å². The molecule has 1 aromatic carbocycles. The molecule has 0 bridgehead atoms. The Kier molecular flexibility index (Phi) is 4.30. The first-order valence-corrected chi connectivity index (χ1v) is 8.19. The fourth-order valence-electron chi connectivity index (χ4n) is 3.78. The van der Waals surface area contributed by atoms with Crippen LogP contribution in [0.15, 0.2) is 18.2 Å². The predicted molar refractivity (Wildman–Crippen MR) is 81.1 cm³/mol. The minimum absolute atomic E-state index is 0.115. The van der Waals surface area contributed by atoms with Crippen molar-refractivity contribution in [1.29, 1.82) is 0 Å². The normalized spacial score (nSPS) is 26.3. The topological polar surface area (TPSA) is 29.5 Å². The minimum atomic E-state index is -0.115. The minimum Gasteiger partial charge on any atom is -0.493 e. The Balaban J connectivity index is 1.52. The zero-order valence-corrected chi connectivity index (χ0v) is 12.5. The molecule has 1 aliphatic carbocycles. The van der Waals surface area contributed by atoms with Crippen molar-refractivity contribution in [3.63, 3.8) is 0 Å². The van der Waals surface area contributed by atoms with Crippen LogP contribution in [0.2, 0.25) is 0 Å². The van der Waals surface area contributed by atoms with E-state index in [1.807, 2.05) is 0 Å². The smallest absolute Gasteiger partial charge is 0.122 e. The maximum absolute atomic E-state index is 10.4. The number of ether oxygens (including phenoxy) is 1. The lowest BCUT2D eigenvalue weighted by molar-refractivity contribution is 0.0998. The highest BCUT2D eigenvalue weighted by Gasteiger charge is 2.28. The SMILES string of the molecule is CCC1CCC(C(O)CCc2ccc3c(c2)CCO3)C1. The molecular weight excluding hydrogens is 248 g/mol. The molecule has 110 valence electrons. The molecule has 1 fully saturated rings. The second kappa shape index (κ2) is 6.17. The van der Waals surface area contributed by atoms with Crippen LogP contribution < -0.4 is 4.74 Å². The third kappa shape index (κ3) is 3.01. The average Bonchev–Trinajstić information content (AvgIpc) is 3.12. The molecule has 0 aromatic heterocycles. The van der Waals surface area contributed by atoms with Gasteiger partial charge in [-0.3, -0.25) is 0 Å². The number of hydrogen-bond donors (Lipinski definition) is 1. The zero-order chi connectivity index (χ0) is 13.9. The Hall–Kier alpha value is -1.02. The van der Waals surface area contributed by atoms with Crippen LogP contribution in [0.4, 0.5) is 0 Å². The van der Waals surface area contributed by atoms with Gasteiger partial charge in [-0.15, -0.1) is 0 Å². The summed E-state index contributed by atoms with van der Waals surface area (Å²) in [5, 5.41) is 10.4. The number of rotatable bonds is 5. The first kappa shape index (κ1) is 13.9. The van der Waals surface area contributed by atoms with E-state index in [9.17, 15) is 5.11 Å². The summed E-state index contributed by atoms with van der Waals surface area (Å²) in [6.45, 7) is 3.09. The van der Waals surface area contributed by atoms with Crippen molar-refractivity contribution in [3.8, 4) is 5.75 Å². The van der Waals surface area contributed by atoms with E-state index in [1.54, 1.807) is 0 Å². The van der Waals surface area contributed by atoms with Crippen molar-refractivity contribution in [2.24, 2.45) is 11.8 Å². The first-order chi connectivity index (χ1) is 9.76. The van der Waals surface area contributed by atoms with Gasteiger partial charge in [-0.25, -0.2) is 0 Å². The summed E-state index contributed by atoms with van der Waals surface area (Å²) in [6.07, 6.45) is 7.85. The highest BCUT2D eigenvalue weighted by Crippen LogP contribution is 2.36. The third-order valence-corrected chi connectivity index (χ3v) is 5.19. The number of aliphatic hydroxyl groups excluding tert-OH is 1. The van der Waals surface area contributed by atoms with Crippen LogP contribution in [-0.2, 0) is 12.8 Å². The van der Waals surface area contributed by atoms with E-state index in [4.69, 9.17) is 4.74 Å². The molecule has 1 aliphatic heterocycles. The summed E-state index contributed by atoms with van der Waals surface area (Å²) >= 11 is 0. The van der Waals surface area contributed by atoms with Gasteiger partial charge in [-0.1, -0.05) is 31.9 Å². The van der Waals surface area contributed by atoms with Gasteiger partial charge in [0.25, 0.3) is 0 Å². The summed E-state index contributed by atoms with van der Waals surface area (Å²) in [5.74, 6) is 2.44. The number of aryl methyl sites for hydroxylation is 1. The van der Waals surface area contributed by atoms with Crippen LogP contribution in [0, 0.1) is 11.8 Å². The van der Waals surface area contributed by atoms with Crippen LogP contribution in [0.1, 0.15) is 50.2 Å². The van der Waals surface area contributed by atoms with Crippen molar-refractivity contribution in [2.75, 3.05) is 6.61 Å². The highest BCUT2D eigenvalue weighted by molar-refractivity contribution is 5.39. The predicted octanol–water partition coefficient (Wildman–Crippen LogP) is 3.74. The Labute approximate surface area is 122 Å². The number of hydrogen-bond acceptors (Lipinski definition) is 2. The summed E-state index contributed by atoms with van der Waals surface area (Å²) in [6, 6.07) is 6.51. The molecule has 0 amide bonds. The van der Waals surface area contributed by atoms with Gasteiger partial charge in [0, 0.05) is 6.42 Å². The summed E-state index contributed by atoms with van der Waals surface area (Å²) in [5.41, 5.74) is 2.68. The van der Waals surface area contributed by atoms with E-state index < -0.39 is 0 Å². The molecule has 1 aromatic rings. The quantitative estimate of drug-likeness (QED) is 0.886. The molecule has 1 saturated carbocycles. The van der Waals surface area contributed by atoms with Crippen molar-refractivity contribution < 1.29 is 9.84 Å². The van der Waals surface area contributed by atoms with Crippen LogP contribution in [0.25, 0.3) is 0 Å². The monoisotopic (exact) mass is 274 g/mol. The molecule has 3 rings (SSSR count). The molecule has 1 heterocycles. The fourth-order valence-corrected chi connectivity index (χ4v) is 3.78. The van der Waals surface area contributed by atoms with Gasteiger partial charge >= 0.3 is 0 Å². The van der Waals surface area contributed by atoms with Gasteiger partial charge in [0.1, 0.15) is 5.75 Å². The molecule has 1 N–H and O–H groups in total. The summed E-state index contributed by atoms with van der Waals surface area (Å²) < 4.78 is 5.54. The number of fused-ring (bicyclic) bond motifs is 1. The van der Waals surface area contributed by atoms with Gasteiger partial charge in [0.15, 0.2) is 0 Å². The van der Waals surface area contributed by atoms with Crippen LogP contribution in [-0.4, -0.2) is 17.8 Å². The van der Waals surface area contributed by atoms with Crippen molar-refractivity contribution >= 4 is 0 Å². The molecule has 3 unspecified atom stereocenters. The highest BCUT2D eigenvalue weighted by atomic mass is 16.5. The molecule has 3 atom stereocenters. The van der Waals surface area contributed by atoms with Crippen molar-refractivity contribution in [2.45, 2.75) is 58.0 Å². The van der Waals surface area contributed by atoms with E-state index in [0.717, 1.165) is 37.5 Å². The van der Waals surface area contributed by atoms with E-state index in [1.165, 1.54) is 36.8 Å². The zero-order valence-electron chi connectivity index (χ0n) is 12.5. The van der Waals surface area contributed by atoms with Crippen molar-refractivity contribution in [3.05, 3.63) is 29.3 Å². The van der Waals surface area contributed by atoms with E-state index >= 15 is 0 Å². The molecule has 0 saturated heterocycles. The lowest BCUT2D eigenvalue weighted by Crippen LogP contribution is -2.18. The molecule has 2 heteroatoms. The average molecular weight is 274 g/mol. The lowest BCUT2D eigenvalue weighted by Gasteiger charge is -2.18. The van der Waals surface area contributed by atoms with Gasteiger partial charge in [-0.05, 0) is 54.7 Å². The Bertz CT molecular complexity index is 455. The molecule has 20 heavy (non-hydrogen) atoms. The largest absolute Gasteiger partial charge is 0.493 e. The number of benzene rings is 1. The standard InChI is InChI=1S/C18H26O2/c1-2-13-3-6-15(11-13)17(19)7-4-14-5-8-18-16(12-14)9-10-20-18/h5,8,12-13,15,17,19H,2-4,6-7,9-11H2,1H3. The van der Waals surface area contributed by atoms with E-state index in [0.29, 0.717) is 5.92 Å². The van der Waals surface area contributed by atoms with Gasteiger partial charge in [-0.2, -0.15) is 0 Å². The molecule has 2 nitrogen and oxygen atoms in total. The Morgan fingerprint density at radius 3 is 3.05 bits per heavy atom. The Morgan fingerprint density at radius 1 is 1.35 bits per heavy atom. The maximum Gasteiger partial charge on any atom is 0.122 e. The van der Waals surface area contributed by atoms with Crippen LogP contribution in [0.5, 0.6) is 5.75 Å². The van der Waals surface area contributed by atoms with E-state index in [-0.39, 0.29) is 6.10 Å². The maximum atomic E-state index is 10.4. The summed E-state index contributed by atoms with van der Waals surface area (Å²) in [4.78, 5) is 0. The third-order valence-electron chi connectivity index (χ3n) is 5.19. The second-order valence-corrected chi connectivity index (χ2v) is 6.49. The van der Waals surface area contributed by atoms with Gasteiger partial charge in [0.05, 0.1) is 12.7 Å². The molecule has 0 radical (unpaired) electrons. The molecule has 2 aliphatic rings. The summed E-state index contributed by atoms with van der Waals surface area (Å²) in [7, 11) is 0. The first-order valence-electron chi connectivity index (χ1n) is 8.19.